The van der Waals surface area contributed by atoms with Gasteiger partial charge in [-0.2, -0.15) is 0 Å². The molecule has 1 aliphatic rings. The zero-order valence-electron chi connectivity index (χ0n) is 16.8. The molecule has 0 bridgehead atoms. The summed E-state index contributed by atoms with van der Waals surface area (Å²) >= 11 is 6.31. The summed E-state index contributed by atoms with van der Waals surface area (Å²) in [7, 11) is 0. The van der Waals surface area contributed by atoms with Crippen molar-refractivity contribution in [2.75, 3.05) is 18.4 Å². The third-order valence-electron chi connectivity index (χ3n) is 5.34. The smallest absolute Gasteiger partial charge is 0.228 e. The van der Waals surface area contributed by atoms with Gasteiger partial charge >= 0.3 is 0 Å². The first kappa shape index (κ1) is 20.5. The molecule has 1 aliphatic heterocycles. The number of amides is 1. The Balaban J connectivity index is 1.41. The molecule has 5 heteroatoms. The van der Waals surface area contributed by atoms with Gasteiger partial charge in [0, 0.05) is 18.1 Å². The molecule has 3 aromatic carbocycles. The number of piperidine rings is 1. The molecule has 0 aromatic heterocycles. The molecule has 0 unspecified atom stereocenters. The molecule has 1 atom stereocenters. The Morgan fingerprint density at radius 2 is 1.73 bits per heavy atom. The fourth-order valence-corrected chi connectivity index (χ4v) is 3.99. The Morgan fingerprint density at radius 3 is 2.57 bits per heavy atom. The van der Waals surface area contributed by atoms with Gasteiger partial charge in [-0.1, -0.05) is 60.1 Å². The first-order valence-corrected chi connectivity index (χ1v) is 10.7. The second kappa shape index (κ2) is 9.79. The summed E-state index contributed by atoms with van der Waals surface area (Å²) in [5, 5.41) is 3.85. The normalized spacial score (nSPS) is 16.8. The summed E-state index contributed by atoms with van der Waals surface area (Å²) < 4.78 is 5.97. The van der Waals surface area contributed by atoms with Crippen LogP contribution >= 0.6 is 11.6 Å². The number of nitrogens with one attached hydrogen (secondary N) is 1. The van der Waals surface area contributed by atoms with E-state index in [1.165, 1.54) is 0 Å². The van der Waals surface area contributed by atoms with E-state index in [9.17, 15) is 4.79 Å². The molecule has 1 N–H and O–H groups in total. The highest BCUT2D eigenvalue weighted by atomic mass is 35.5. The van der Waals surface area contributed by atoms with E-state index in [0.717, 1.165) is 48.8 Å². The standard InChI is InChI=1S/C25H25ClN2O2/c26-22-13-5-4-9-19(22)17-28-16-8-10-20(18-28)25(29)27-23-14-6-7-15-24(23)30-21-11-2-1-3-12-21/h1-7,9,11-15,20H,8,10,16-18H2,(H,27,29)/t20-/m1/s1. The van der Waals surface area contributed by atoms with E-state index in [2.05, 4.69) is 10.2 Å². The van der Waals surface area contributed by atoms with Crippen LogP contribution in [-0.2, 0) is 11.3 Å². The quantitative estimate of drug-likeness (QED) is 0.533. The molecule has 4 nitrogen and oxygen atoms in total. The van der Waals surface area contributed by atoms with Gasteiger partial charge in [-0.15, -0.1) is 0 Å². The second-order valence-electron chi connectivity index (χ2n) is 7.57. The van der Waals surface area contributed by atoms with Gasteiger partial charge in [0.25, 0.3) is 0 Å². The van der Waals surface area contributed by atoms with Crippen molar-refractivity contribution in [2.24, 2.45) is 5.92 Å². The monoisotopic (exact) mass is 420 g/mol. The van der Waals surface area contributed by atoms with Crippen molar-refractivity contribution in [1.29, 1.82) is 0 Å². The van der Waals surface area contributed by atoms with Gasteiger partial charge in [0.05, 0.1) is 11.6 Å². The van der Waals surface area contributed by atoms with Crippen LogP contribution in [0.2, 0.25) is 5.02 Å². The number of hydrogen-bond acceptors (Lipinski definition) is 3. The maximum Gasteiger partial charge on any atom is 0.228 e. The van der Waals surface area contributed by atoms with E-state index in [1.807, 2.05) is 78.9 Å². The van der Waals surface area contributed by atoms with Crippen LogP contribution in [0.4, 0.5) is 5.69 Å². The molecular formula is C25H25ClN2O2. The number of carbonyl (C=O) groups excluding carboxylic acids is 1. The highest BCUT2D eigenvalue weighted by molar-refractivity contribution is 6.31. The Hall–Kier alpha value is -2.82. The molecule has 1 saturated heterocycles. The molecular weight excluding hydrogens is 396 g/mol. The summed E-state index contributed by atoms with van der Waals surface area (Å²) in [4.78, 5) is 15.3. The number of carbonyl (C=O) groups is 1. The van der Waals surface area contributed by atoms with E-state index in [1.54, 1.807) is 0 Å². The predicted octanol–water partition coefficient (Wildman–Crippen LogP) is 5.98. The summed E-state index contributed by atoms with van der Waals surface area (Å²) in [5.41, 5.74) is 1.79. The van der Waals surface area contributed by atoms with Crippen LogP contribution < -0.4 is 10.1 Å². The molecule has 0 radical (unpaired) electrons. The third-order valence-corrected chi connectivity index (χ3v) is 5.71. The lowest BCUT2D eigenvalue weighted by atomic mass is 9.96. The van der Waals surface area contributed by atoms with Crippen molar-refractivity contribution in [3.8, 4) is 11.5 Å². The van der Waals surface area contributed by atoms with Crippen molar-refractivity contribution in [3.63, 3.8) is 0 Å². The van der Waals surface area contributed by atoms with E-state index >= 15 is 0 Å². The SMILES string of the molecule is O=C(Nc1ccccc1Oc1ccccc1)[C@@H]1CCCN(Cc2ccccc2Cl)C1. The molecule has 3 aromatic rings. The van der Waals surface area contributed by atoms with Crippen LogP contribution in [0, 0.1) is 5.92 Å². The number of rotatable bonds is 6. The number of hydrogen-bond donors (Lipinski definition) is 1. The average molecular weight is 421 g/mol. The summed E-state index contributed by atoms with van der Waals surface area (Å²) in [6.45, 7) is 2.46. The molecule has 154 valence electrons. The van der Waals surface area contributed by atoms with Crippen LogP contribution in [-0.4, -0.2) is 23.9 Å². The van der Waals surface area contributed by atoms with Crippen molar-refractivity contribution in [1.82, 2.24) is 4.90 Å². The maximum atomic E-state index is 13.0. The molecule has 1 amide bonds. The molecule has 0 aliphatic carbocycles. The average Bonchev–Trinajstić information content (AvgIpc) is 2.78. The van der Waals surface area contributed by atoms with Gasteiger partial charge in [0.15, 0.2) is 5.75 Å². The number of halogens is 1. The van der Waals surface area contributed by atoms with Gasteiger partial charge in [-0.05, 0) is 55.3 Å². The molecule has 30 heavy (non-hydrogen) atoms. The highest BCUT2D eigenvalue weighted by Crippen LogP contribution is 2.30. The molecule has 1 heterocycles. The lowest BCUT2D eigenvalue weighted by Gasteiger charge is -2.32. The van der Waals surface area contributed by atoms with Crippen molar-refractivity contribution >= 4 is 23.2 Å². The summed E-state index contributed by atoms with van der Waals surface area (Å²) in [6, 6.07) is 25.0. The minimum absolute atomic E-state index is 0.0305. The van der Waals surface area contributed by atoms with Gasteiger partial charge in [-0.25, -0.2) is 0 Å². The van der Waals surface area contributed by atoms with Gasteiger partial charge in [0.1, 0.15) is 5.75 Å². The van der Waals surface area contributed by atoms with E-state index in [0.29, 0.717) is 11.4 Å². The maximum absolute atomic E-state index is 13.0. The number of para-hydroxylation sites is 3. The Kier molecular flexibility index (Phi) is 6.67. The zero-order chi connectivity index (χ0) is 20.8. The minimum atomic E-state index is -0.0639. The number of nitrogens with zero attached hydrogens (tertiary/aromatic N) is 1. The van der Waals surface area contributed by atoms with E-state index in [4.69, 9.17) is 16.3 Å². The fourth-order valence-electron chi connectivity index (χ4n) is 3.79. The van der Waals surface area contributed by atoms with Crippen LogP contribution in [0.1, 0.15) is 18.4 Å². The van der Waals surface area contributed by atoms with Crippen LogP contribution in [0.25, 0.3) is 0 Å². The van der Waals surface area contributed by atoms with Gasteiger partial charge in [0.2, 0.25) is 5.91 Å². The van der Waals surface area contributed by atoms with Crippen molar-refractivity contribution < 1.29 is 9.53 Å². The molecule has 4 rings (SSSR count). The molecule has 0 spiro atoms. The van der Waals surface area contributed by atoms with Crippen molar-refractivity contribution in [3.05, 3.63) is 89.4 Å². The Bertz CT molecular complexity index is 993. The van der Waals surface area contributed by atoms with Crippen LogP contribution in [0.3, 0.4) is 0 Å². The third kappa shape index (κ3) is 5.21. The number of anilines is 1. The Labute approximate surface area is 182 Å². The van der Waals surface area contributed by atoms with Crippen molar-refractivity contribution in [2.45, 2.75) is 19.4 Å². The zero-order valence-corrected chi connectivity index (χ0v) is 17.5. The minimum Gasteiger partial charge on any atom is -0.455 e. The summed E-state index contributed by atoms with van der Waals surface area (Å²) in [5.74, 6) is 1.34. The molecule has 1 fully saturated rings. The molecule has 0 saturated carbocycles. The number of ether oxygens (including phenoxy) is 1. The van der Waals surface area contributed by atoms with Gasteiger partial charge in [-0.3, -0.25) is 9.69 Å². The van der Waals surface area contributed by atoms with E-state index in [-0.39, 0.29) is 11.8 Å². The summed E-state index contributed by atoms with van der Waals surface area (Å²) in [6.07, 6.45) is 1.87. The number of benzene rings is 3. The Morgan fingerprint density at radius 1 is 1.00 bits per heavy atom. The highest BCUT2D eigenvalue weighted by Gasteiger charge is 2.26. The first-order chi connectivity index (χ1) is 14.7. The van der Waals surface area contributed by atoms with Gasteiger partial charge < -0.3 is 10.1 Å². The lowest BCUT2D eigenvalue weighted by Crippen LogP contribution is -2.40. The second-order valence-corrected chi connectivity index (χ2v) is 7.97. The number of likely N-dealkylation sites (tertiary alicyclic amines) is 1. The lowest BCUT2D eigenvalue weighted by molar-refractivity contribution is -0.121. The van der Waals surface area contributed by atoms with E-state index < -0.39 is 0 Å². The predicted molar refractivity (Wildman–Crippen MR) is 121 cm³/mol. The van der Waals surface area contributed by atoms with Crippen LogP contribution in [0.5, 0.6) is 11.5 Å². The fraction of sp³-hybridized carbons (Fsp3) is 0.240. The largest absolute Gasteiger partial charge is 0.455 e. The van der Waals surface area contributed by atoms with Crippen LogP contribution in [0.15, 0.2) is 78.9 Å². The topological polar surface area (TPSA) is 41.6 Å². The first-order valence-electron chi connectivity index (χ1n) is 10.3.